The van der Waals surface area contributed by atoms with Crippen LogP contribution in [0, 0.1) is 11.3 Å². The summed E-state index contributed by atoms with van der Waals surface area (Å²) in [6.45, 7) is 7.87. The van der Waals surface area contributed by atoms with Crippen LogP contribution < -0.4 is 0 Å². The maximum absolute atomic E-state index is 13.3. The lowest BCUT2D eigenvalue weighted by Crippen LogP contribution is -2.47. The van der Waals surface area contributed by atoms with Gasteiger partial charge in [-0.1, -0.05) is 39.0 Å². The fraction of sp³-hybridized carbons (Fsp3) is 0.650. The number of sulfonamides is 1. The van der Waals surface area contributed by atoms with Crippen LogP contribution in [0.4, 0.5) is 0 Å². The van der Waals surface area contributed by atoms with Crippen LogP contribution in [-0.2, 0) is 20.4 Å². The summed E-state index contributed by atoms with van der Waals surface area (Å²) in [7, 11) is -3.51. The average Bonchev–Trinajstić information content (AvgIpc) is 3.14. The van der Waals surface area contributed by atoms with E-state index in [4.69, 9.17) is 0 Å². The van der Waals surface area contributed by atoms with Crippen LogP contribution >= 0.6 is 0 Å². The summed E-state index contributed by atoms with van der Waals surface area (Å²) >= 11 is 0. The van der Waals surface area contributed by atoms with Crippen molar-refractivity contribution in [2.75, 3.05) is 19.6 Å². The Bertz CT molecular complexity index is 844. The van der Waals surface area contributed by atoms with Crippen molar-refractivity contribution >= 4 is 15.9 Å². The minimum Gasteiger partial charge on any atom is -0.340 e. The fourth-order valence-corrected chi connectivity index (χ4v) is 6.52. The second-order valence-corrected chi connectivity index (χ2v) is 10.7. The molecule has 1 amide bonds. The van der Waals surface area contributed by atoms with Gasteiger partial charge in [0.05, 0.1) is 10.4 Å². The molecule has 0 bridgehead atoms. The molecule has 6 heteroatoms. The summed E-state index contributed by atoms with van der Waals surface area (Å²) in [5.41, 5.74) is 0.0660. The number of nitrogens with zero attached hydrogens (tertiary/aromatic N) is 2. The number of rotatable bonds is 4. The molecule has 4 rings (SSSR count). The second kappa shape index (κ2) is 5.80. The third kappa shape index (κ3) is 2.53. The molecule has 1 atom stereocenters. The molecular weight excluding hydrogens is 348 g/mol. The van der Waals surface area contributed by atoms with Gasteiger partial charge < -0.3 is 4.90 Å². The molecule has 142 valence electrons. The van der Waals surface area contributed by atoms with Gasteiger partial charge >= 0.3 is 0 Å². The Balaban J connectivity index is 1.73. The molecule has 0 N–H and O–H groups in total. The van der Waals surface area contributed by atoms with Gasteiger partial charge in [-0.3, -0.25) is 4.79 Å². The molecule has 5 nitrogen and oxygen atoms in total. The van der Waals surface area contributed by atoms with Crippen LogP contribution in [0.5, 0.6) is 0 Å². The molecule has 0 unspecified atom stereocenters. The van der Waals surface area contributed by atoms with E-state index in [2.05, 4.69) is 13.8 Å². The summed E-state index contributed by atoms with van der Waals surface area (Å²) in [6.07, 6.45) is 3.40. The van der Waals surface area contributed by atoms with Gasteiger partial charge in [-0.05, 0) is 43.2 Å². The van der Waals surface area contributed by atoms with Crippen molar-refractivity contribution in [2.24, 2.45) is 11.3 Å². The van der Waals surface area contributed by atoms with Crippen LogP contribution in [-0.4, -0.2) is 43.2 Å². The predicted molar refractivity (Wildman–Crippen MR) is 100 cm³/mol. The molecule has 1 aromatic rings. The fourth-order valence-electron chi connectivity index (χ4n) is 4.44. The topological polar surface area (TPSA) is 57.7 Å². The summed E-state index contributed by atoms with van der Waals surface area (Å²) in [6, 6.07) is 7.36. The van der Waals surface area contributed by atoms with Crippen LogP contribution in [0.25, 0.3) is 0 Å². The third-order valence-corrected chi connectivity index (χ3v) is 8.42. The summed E-state index contributed by atoms with van der Waals surface area (Å²) in [5.74, 6) is 0.621. The highest BCUT2D eigenvalue weighted by atomic mass is 32.2. The zero-order chi connectivity index (χ0) is 18.7. The summed E-state index contributed by atoms with van der Waals surface area (Å²) < 4.78 is 28.2. The van der Waals surface area contributed by atoms with Crippen LogP contribution in [0.3, 0.4) is 0 Å². The molecule has 2 heterocycles. The molecular formula is C20H28N2O3S. The Kier molecular flexibility index (Phi) is 4.01. The molecule has 1 saturated heterocycles. The highest BCUT2D eigenvalue weighted by molar-refractivity contribution is 7.89. The first-order valence-corrected chi connectivity index (χ1v) is 11.1. The normalized spacial score (nSPS) is 28.7. The number of carbonyl (C=O) groups excluding carboxylic acids is 1. The quantitative estimate of drug-likeness (QED) is 0.812. The van der Waals surface area contributed by atoms with Gasteiger partial charge in [0.1, 0.15) is 0 Å². The van der Waals surface area contributed by atoms with E-state index in [9.17, 15) is 13.2 Å². The molecule has 1 saturated carbocycles. The van der Waals surface area contributed by atoms with Gasteiger partial charge in [-0.2, -0.15) is 4.31 Å². The lowest BCUT2D eigenvalue weighted by Gasteiger charge is -2.34. The smallest absolute Gasteiger partial charge is 0.244 e. The minimum absolute atomic E-state index is 0.194. The molecule has 2 aliphatic heterocycles. The largest absolute Gasteiger partial charge is 0.340 e. The average molecular weight is 377 g/mol. The Morgan fingerprint density at radius 2 is 1.88 bits per heavy atom. The first kappa shape index (κ1) is 18.0. The van der Waals surface area contributed by atoms with Crippen LogP contribution in [0.2, 0.25) is 0 Å². The van der Waals surface area contributed by atoms with Gasteiger partial charge in [0.2, 0.25) is 15.9 Å². The van der Waals surface area contributed by atoms with Crippen molar-refractivity contribution in [3.63, 3.8) is 0 Å². The first-order valence-electron chi connectivity index (χ1n) is 9.62. The Morgan fingerprint density at radius 3 is 2.54 bits per heavy atom. The molecule has 0 radical (unpaired) electrons. The van der Waals surface area contributed by atoms with E-state index in [0.29, 0.717) is 36.9 Å². The second-order valence-electron chi connectivity index (χ2n) is 8.82. The number of carbonyl (C=O) groups is 1. The Morgan fingerprint density at radius 1 is 1.19 bits per heavy atom. The van der Waals surface area contributed by atoms with Gasteiger partial charge in [-0.25, -0.2) is 8.42 Å². The highest BCUT2D eigenvalue weighted by Crippen LogP contribution is 2.52. The molecule has 0 aromatic heterocycles. The van der Waals surface area contributed by atoms with E-state index in [1.807, 2.05) is 24.0 Å². The van der Waals surface area contributed by atoms with Gasteiger partial charge in [0.25, 0.3) is 0 Å². The van der Waals surface area contributed by atoms with E-state index >= 15 is 0 Å². The zero-order valence-electron chi connectivity index (χ0n) is 15.9. The van der Waals surface area contributed by atoms with Crippen molar-refractivity contribution in [3.05, 3.63) is 29.8 Å². The van der Waals surface area contributed by atoms with E-state index in [1.54, 1.807) is 16.4 Å². The van der Waals surface area contributed by atoms with E-state index in [-0.39, 0.29) is 11.3 Å². The van der Waals surface area contributed by atoms with Crippen LogP contribution in [0.15, 0.2) is 29.2 Å². The lowest BCUT2D eigenvalue weighted by molar-refractivity contribution is -0.135. The molecule has 3 aliphatic rings. The molecule has 1 aromatic carbocycles. The first-order chi connectivity index (χ1) is 12.2. The van der Waals surface area contributed by atoms with Gasteiger partial charge in [-0.15, -0.1) is 0 Å². The molecule has 2 fully saturated rings. The van der Waals surface area contributed by atoms with Gasteiger partial charge in [0, 0.05) is 25.0 Å². The maximum atomic E-state index is 13.3. The standard InChI is InChI=1S/C20H28N2O3S/c1-15(2)8-12-22-20(16-6-4-5-7-17(16)26(22,24)25)11-13-21(14-20)18(23)19(3)9-10-19/h4-7,15H,8-14H2,1-3H3/t20-/m1/s1. The van der Waals surface area contributed by atoms with Crippen molar-refractivity contribution in [1.29, 1.82) is 0 Å². The van der Waals surface area contributed by atoms with Crippen molar-refractivity contribution in [3.8, 4) is 0 Å². The SMILES string of the molecule is CC(C)CCN1[C@@]2(CCN(C(=O)C3(C)CC3)C2)c2ccccc2S1(=O)=O. The molecule has 1 aliphatic carbocycles. The van der Waals surface area contributed by atoms with E-state index in [1.165, 1.54) is 0 Å². The molecule has 1 spiro atoms. The van der Waals surface area contributed by atoms with Crippen LogP contribution in [0.1, 0.15) is 52.0 Å². The lowest BCUT2D eigenvalue weighted by atomic mass is 9.88. The van der Waals surface area contributed by atoms with Gasteiger partial charge in [0.15, 0.2) is 0 Å². The third-order valence-electron chi connectivity index (χ3n) is 6.39. The number of amides is 1. The number of benzene rings is 1. The van der Waals surface area contributed by atoms with E-state index in [0.717, 1.165) is 24.8 Å². The number of hydrogen-bond acceptors (Lipinski definition) is 3. The Hall–Kier alpha value is -1.40. The number of fused-ring (bicyclic) bond motifs is 2. The minimum atomic E-state index is -3.51. The number of hydrogen-bond donors (Lipinski definition) is 0. The maximum Gasteiger partial charge on any atom is 0.244 e. The van der Waals surface area contributed by atoms with E-state index < -0.39 is 15.6 Å². The van der Waals surface area contributed by atoms with Crippen molar-refractivity contribution in [1.82, 2.24) is 9.21 Å². The zero-order valence-corrected chi connectivity index (χ0v) is 16.7. The number of likely N-dealkylation sites (tertiary alicyclic amines) is 1. The monoisotopic (exact) mass is 376 g/mol. The predicted octanol–water partition coefficient (Wildman–Crippen LogP) is 2.96. The van der Waals surface area contributed by atoms with Crippen molar-refractivity contribution < 1.29 is 13.2 Å². The highest BCUT2D eigenvalue weighted by Gasteiger charge is 2.59. The summed E-state index contributed by atoms with van der Waals surface area (Å²) in [5, 5.41) is 0. The molecule has 26 heavy (non-hydrogen) atoms. The van der Waals surface area contributed by atoms with Crippen molar-refractivity contribution in [2.45, 2.75) is 56.9 Å². The summed E-state index contributed by atoms with van der Waals surface area (Å²) in [4.78, 5) is 15.2. The Labute approximate surface area is 156 Å².